The van der Waals surface area contributed by atoms with Crippen LogP contribution >= 0.6 is 0 Å². The second-order valence-corrected chi connectivity index (χ2v) is 7.95. The van der Waals surface area contributed by atoms with Gasteiger partial charge in [0.05, 0.1) is 5.92 Å². The Hall–Kier alpha value is -1.06. The molecule has 0 saturated carbocycles. The molecule has 4 heteroatoms. The summed E-state index contributed by atoms with van der Waals surface area (Å²) in [6.07, 6.45) is 20.0. The topological polar surface area (TPSA) is 52.6 Å². The summed E-state index contributed by atoms with van der Waals surface area (Å²) in [6.45, 7) is 5.51. The lowest BCUT2D eigenvalue weighted by Gasteiger charge is -2.07. The van der Waals surface area contributed by atoms with Gasteiger partial charge in [0, 0.05) is 6.42 Å². The molecule has 0 aromatic rings. The maximum atomic E-state index is 11.5. The number of carbonyl (C=O) groups excluding carboxylic acids is 2. The lowest BCUT2D eigenvalue weighted by molar-refractivity contribution is -0.169. The predicted molar refractivity (Wildman–Crippen MR) is 111 cm³/mol. The zero-order valence-corrected chi connectivity index (χ0v) is 18.2. The van der Waals surface area contributed by atoms with Gasteiger partial charge >= 0.3 is 11.9 Å². The quantitative estimate of drug-likeness (QED) is 0.137. The van der Waals surface area contributed by atoms with E-state index in [2.05, 4.69) is 6.92 Å². The first-order valence-electron chi connectivity index (χ1n) is 11.4. The van der Waals surface area contributed by atoms with E-state index in [0.717, 1.165) is 12.8 Å². The van der Waals surface area contributed by atoms with Crippen molar-refractivity contribution in [2.24, 2.45) is 5.92 Å². The van der Waals surface area contributed by atoms with Crippen molar-refractivity contribution in [1.29, 1.82) is 0 Å². The molecule has 0 saturated heterocycles. The summed E-state index contributed by atoms with van der Waals surface area (Å²) in [5, 5.41) is 0. The molecule has 0 aromatic carbocycles. The molecule has 0 aliphatic carbocycles. The first-order chi connectivity index (χ1) is 13.1. The molecule has 0 aromatic heterocycles. The van der Waals surface area contributed by atoms with Gasteiger partial charge in [-0.3, -0.25) is 9.59 Å². The summed E-state index contributed by atoms with van der Waals surface area (Å²) >= 11 is 0. The van der Waals surface area contributed by atoms with E-state index in [1.54, 1.807) is 13.8 Å². The molecule has 0 atom stereocenters. The van der Waals surface area contributed by atoms with Crippen molar-refractivity contribution in [3.63, 3.8) is 0 Å². The smallest absolute Gasteiger partial charge is 0.311 e. The predicted octanol–water partition coefficient (Wildman–Crippen LogP) is 6.95. The van der Waals surface area contributed by atoms with E-state index in [1.165, 1.54) is 83.5 Å². The molecule has 27 heavy (non-hydrogen) atoms. The summed E-state index contributed by atoms with van der Waals surface area (Å²) in [7, 11) is 0. The maximum Gasteiger partial charge on any atom is 0.311 e. The van der Waals surface area contributed by atoms with Crippen LogP contribution in [0.15, 0.2) is 0 Å². The molecular weight excluding hydrogens is 340 g/mol. The Balaban J connectivity index is 3.20. The van der Waals surface area contributed by atoms with Crippen molar-refractivity contribution >= 4 is 11.9 Å². The van der Waals surface area contributed by atoms with Gasteiger partial charge < -0.3 is 9.47 Å². The van der Waals surface area contributed by atoms with E-state index < -0.39 is 0 Å². The lowest BCUT2D eigenvalue weighted by atomic mass is 10.0. The van der Waals surface area contributed by atoms with Gasteiger partial charge in [0.2, 0.25) is 6.79 Å². The van der Waals surface area contributed by atoms with Crippen LogP contribution in [0.2, 0.25) is 0 Å². The van der Waals surface area contributed by atoms with Gasteiger partial charge in [0.25, 0.3) is 0 Å². The van der Waals surface area contributed by atoms with Crippen LogP contribution in [0.4, 0.5) is 0 Å². The Morgan fingerprint density at radius 1 is 0.630 bits per heavy atom. The van der Waals surface area contributed by atoms with Crippen LogP contribution in [0.25, 0.3) is 0 Å². The Labute approximate surface area is 167 Å². The Morgan fingerprint density at radius 3 is 1.44 bits per heavy atom. The maximum absolute atomic E-state index is 11.5. The largest absolute Gasteiger partial charge is 0.428 e. The average molecular weight is 385 g/mol. The van der Waals surface area contributed by atoms with E-state index in [-0.39, 0.29) is 24.6 Å². The van der Waals surface area contributed by atoms with Crippen LogP contribution in [0.5, 0.6) is 0 Å². The minimum atomic E-state index is -0.338. The third kappa shape index (κ3) is 19.5. The van der Waals surface area contributed by atoms with Gasteiger partial charge in [-0.25, -0.2) is 0 Å². The van der Waals surface area contributed by atoms with Crippen LogP contribution in [0.1, 0.15) is 124 Å². The van der Waals surface area contributed by atoms with Crippen molar-refractivity contribution in [2.75, 3.05) is 6.79 Å². The van der Waals surface area contributed by atoms with E-state index in [9.17, 15) is 9.59 Å². The van der Waals surface area contributed by atoms with Crippen LogP contribution in [0, 0.1) is 5.92 Å². The van der Waals surface area contributed by atoms with Gasteiger partial charge in [-0.05, 0) is 6.42 Å². The third-order valence-corrected chi connectivity index (χ3v) is 4.88. The SMILES string of the molecule is CCCCCCCCCCCCCCCCCC(=O)OCOC(=O)C(C)C. The van der Waals surface area contributed by atoms with Crippen LogP contribution in [-0.2, 0) is 19.1 Å². The molecule has 4 nitrogen and oxygen atoms in total. The summed E-state index contributed by atoms with van der Waals surface area (Å²) in [5.74, 6) is -0.810. The van der Waals surface area contributed by atoms with E-state index in [4.69, 9.17) is 9.47 Å². The van der Waals surface area contributed by atoms with E-state index in [1.807, 2.05) is 0 Å². The molecule has 0 aliphatic heterocycles. The highest BCUT2D eigenvalue weighted by atomic mass is 16.7. The standard InChI is InChI=1S/C23H44O4/c1-4-5-6-7-8-9-10-11-12-13-14-15-16-17-18-19-22(24)26-20-27-23(25)21(2)3/h21H,4-20H2,1-3H3. The van der Waals surface area contributed by atoms with Crippen LogP contribution < -0.4 is 0 Å². The number of ether oxygens (including phenoxy) is 2. The second kappa shape index (κ2) is 19.7. The normalized spacial score (nSPS) is 11.0. The van der Waals surface area contributed by atoms with E-state index >= 15 is 0 Å². The first-order valence-corrected chi connectivity index (χ1v) is 11.4. The van der Waals surface area contributed by atoms with Gasteiger partial charge in [-0.2, -0.15) is 0 Å². The van der Waals surface area contributed by atoms with Crippen molar-refractivity contribution in [3.05, 3.63) is 0 Å². The molecule has 0 heterocycles. The zero-order valence-electron chi connectivity index (χ0n) is 18.2. The summed E-state index contributed by atoms with van der Waals surface area (Å²) in [5.41, 5.74) is 0. The third-order valence-electron chi connectivity index (χ3n) is 4.88. The van der Waals surface area contributed by atoms with Crippen molar-refractivity contribution in [2.45, 2.75) is 124 Å². The van der Waals surface area contributed by atoms with Crippen molar-refractivity contribution < 1.29 is 19.1 Å². The van der Waals surface area contributed by atoms with Crippen LogP contribution in [-0.4, -0.2) is 18.7 Å². The van der Waals surface area contributed by atoms with Gasteiger partial charge in [0.15, 0.2) is 0 Å². The van der Waals surface area contributed by atoms with Gasteiger partial charge in [-0.15, -0.1) is 0 Å². The van der Waals surface area contributed by atoms with E-state index in [0.29, 0.717) is 6.42 Å². The summed E-state index contributed by atoms with van der Waals surface area (Å²) in [4.78, 5) is 22.7. The number of carbonyl (C=O) groups is 2. The fourth-order valence-corrected chi connectivity index (χ4v) is 3.03. The van der Waals surface area contributed by atoms with Crippen molar-refractivity contribution in [1.82, 2.24) is 0 Å². The highest BCUT2D eigenvalue weighted by Crippen LogP contribution is 2.13. The highest BCUT2D eigenvalue weighted by Gasteiger charge is 2.09. The molecule has 0 rings (SSSR count). The Kier molecular flexibility index (Phi) is 18.9. The molecule has 0 amide bonds. The molecule has 160 valence electrons. The van der Waals surface area contributed by atoms with Gasteiger partial charge in [-0.1, -0.05) is 111 Å². The van der Waals surface area contributed by atoms with Gasteiger partial charge in [0.1, 0.15) is 0 Å². The summed E-state index contributed by atoms with van der Waals surface area (Å²) < 4.78 is 9.72. The molecule has 0 radical (unpaired) electrons. The van der Waals surface area contributed by atoms with Crippen LogP contribution in [0.3, 0.4) is 0 Å². The molecule has 0 bridgehead atoms. The second-order valence-electron chi connectivity index (χ2n) is 7.95. The number of esters is 2. The zero-order chi connectivity index (χ0) is 20.2. The number of unbranched alkanes of at least 4 members (excludes halogenated alkanes) is 14. The molecule has 0 N–H and O–H groups in total. The average Bonchev–Trinajstić information content (AvgIpc) is 2.64. The molecule has 0 spiro atoms. The molecule has 0 fully saturated rings. The number of rotatable bonds is 19. The summed E-state index contributed by atoms with van der Waals surface area (Å²) in [6, 6.07) is 0. The monoisotopic (exact) mass is 384 g/mol. The Morgan fingerprint density at radius 2 is 1.04 bits per heavy atom. The molecule has 0 unspecified atom stereocenters. The lowest BCUT2D eigenvalue weighted by Crippen LogP contribution is -2.16. The minimum absolute atomic E-state index is 0.195. The minimum Gasteiger partial charge on any atom is -0.428 e. The number of hydrogen-bond acceptors (Lipinski definition) is 4. The highest BCUT2D eigenvalue weighted by molar-refractivity contribution is 5.72. The van der Waals surface area contributed by atoms with Crippen molar-refractivity contribution in [3.8, 4) is 0 Å². The Bertz CT molecular complexity index is 352. The fourth-order valence-electron chi connectivity index (χ4n) is 3.03. The molecule has 0 aliphatic rings. The first kappa shape index (κ1) is 25.9. The number of hydrogen-bond donors (Lipinski definition) is 0. The fraction of sp³-hybridized carbons (Fsp3) is 0.913. The molecular formula is C23H44O4.